The predicted molar refractivity (Wildman–Crippen MR) is 101 cm³/mol. The van der Waals surface area contributed by atoms with E-state index in [9.17, 15) is 4.79 Å². The average Bonchev–Trinajstić information content (AvgIpc) is 2.95. The summed E-state index contributed by atoms with van der Waals surface area (Å²) in [5.41, 5.74) is 8.59. The molecule has 4 nitrogen and oxygen atoms in total. The summed E-state index contributed by atoms with van der Waals surface area (Å²) < 4.78 is 0. The van der Waals surface area contributed by atoms with Gasteiger partial charge in [-0.1, -0.05) is 60.2 Å². The fourth-order valence-electron chi connectivity index (χ4n) is 2.37. The van der Waals surface area contributed by atoms with Gasteiger partial charge in [0.2, 0.25) is 5.78 Å². The fraction of sp³-hybridized carbons (Fsp3) is 0.111. The topological polar surface area (TPSA) is 68.0 Å². The Kier molecular flexibility index (Phi) is 4.83. The van der Waals surface area contributed by atoms with Gasteiger partial charge in [0.15, 0.2) is 5.13 Å². The quantitative estimate of drug-likeness (QED) is 0.636. The van der Waals surface area contributed by atoms with Crippen LogP contribution in [0.5, 0.6) is 0 Å². The molecule has 6 heteroatoms. The van der Waals surface area contributed by atoms with Crippen molar-refractivity contribution >= 4 is 45.4 Å². The zero-order valence-electron chi connectivity index (χ0n) is 13.0. The highest BCUT2D eigenvalue weighted by atomic mass is 35.5. The van der Waals surface area contributed by atoms with Gasteiger partial charge in [-0.15, -0.1) is 0 Å². The number of hydrogen-bond acceptors (Lipinski definition) is 5. The first-order valence-electron chi connectivity index (χ1n) is 7.50. The van der Waals surface area contributed by atoms with Crippen molar-refractivity contribution < 1.29 is 4.79 Å². The number of ketones is 1. The van der Waals surface area contributed by atoms with Gasteiger partial charge >= 0.3 is 0 Å². The minimum absolute atomic E-state index is 0.177. The van der Waals surface area contributed by atoms with Crippen LogP contribution in [0.15, 0.2) is 48.5 Å². The van der Waals surface area contributed by atoms with Crippen LogP contribution in [0.4, 0.5) is 16.6 Å². The third kappa shape index (κ3) is 3.42. The van der Waals surface area contributed by atoms with E-state index < -0.39 is 0 Å². The summed E-state index contributed by atoms with van der Waals surface area (Å²) in [6.07, 6.45) is 0.901. The van der Waals surface area contributed by atoms with Crippen molar-refractivity contribution in [2.24, 2.45) is 0 Å². The van der Waals surface area contributed by atoms with Crippen LogP contribution < -0.4 is 11.1 Å². The van der Waals surface area contributed by atoms with E-state index in [0.717, 1.165) is 12.1 Å². The van der Waals surface area contributed by atoms with Crippen molar-refractivity contribution in [2.45, 2.75) is 13.3 Å². The first kappa shape index (κ1) is 16.5. The molecule has 1 aromatic heterocycles. The second kappa shape index (κ2) is 7.03. The van der Waals surface area contributed by atoms with Gasteiger partial charge in [0, 0.05) is 16.3 Å². The highest BCUT2D eigenvalue weighted by Gasteiger charge is 2.18. The third-order valence-corrected chi connectivity index (χ3v) is 4.81. The molecule has 0 unspecified atom stereocenters. The van der Waals surface area contributed by atoms with Gasteiger partial charge in [-0.05, 0) is 30.2 Å². The van der Waals surface area contributed by atoms with Crippen LogP contribution in [0, 0.1) is 0 Å². The maximum absolute atomic E-state index is 12.6. The van der Waals surface area contributed by atoms with Crippen LogP contribution in [0.25, 0.3) is 0 Å². The van der Waals surface area contributed by atoms with E-state index in [1.165, 1.54) is 16.9 Å². The number of rotatable bonds is 5. The summed E-state index contributed by atoms with van der Waals surface area (Å²) in [5.74, 6) is 0.0470. The number of carbonyl (C=O) groups excluding carboxylic acids is 1. The highest BCUT2D eigenvalue weighted by molar-refractivity contribution is 7.18. The number of anilines is 3. The molecule has 0 atom stereocenters. The maximum atomic E-state index is 12.6. The number of benzene rings is 2. The number of thiazole rings is 1. The van der Waals surface area contributed by atoms with Crippen molar-refractivity contribution in [3.63, 3.8) is 0 Å². The minimum atomic E-state index is -0.177. The van der Waals surface area contributed by atoms with Gasteiger partial charge in [0.1, 0.15) is 10.7 Å². The lowest BCUT2D eigenvalue weighted by atomic mass is 10.1. The molecule has 0 saturated carbocycles. The smallest absolute Gasteiger partial charge is 0.206 e. The Labute approximate surface area is 149 Å². The SMILES string of the molecule is CCc1ccccc1Nc1nc(N)c(C(=O)c2cccc(Cl)c2)s1. The molecule has 122 valence electrons. The second-order valence-electron chi connectivity index (χ2n) is 5.21. The van der Waals surface area contributed by atoms with Crippen molar-refractivity contribution in [1.29, 1.82) is 0 Å². The normalized spacial score (nSPS) is 10.6. The summed E-state index contributed by atoms with van der Waals surface area (Å²) >= 11 is 7.20. The zero-order valence-corrected chi connectivity index (χ0v) is 14.6. The van der Waals surface area contributed by atoms with Crippen LogP contribution in [0.1, 0.15) is 27.7 Å². The van der Waals surface area contributed by atoms with Crippen LogP contribution in [-0.4, -0.2) is 10.8 Å². The fourth-order valence-corrected chi connectivity index (χ4v) is 3.42. The molecule has 3 N–H and O–H groups in total. The maximum Gasteiger partial charge on any atom is 0.206 e. The van der Waals surface area contributed by atoms with Gasteiger partial charge < -0.3 is 11.1 Å². The van der Waals surface area contributed by atoms with Crippen molar-refractivity contribution in [3.05, 3.63) is 69.6 Å². The molecule has 3 aromatic rings. The first-order valence-corrected chi connectivity index (χ1v) is 8.69. The molecule has 0 saturated heterocycles. The first-order chi connectivity index (χ1) is 11.6. The molecule has 0 bridgehead atoms. The number of nitrogens with one attached hydrogen (secondary N) is 1. The van der Waals surface area contributed by atoms with E-state index >= 15 is 0 Å². The number of para-hydroxylation sites is 1. The predicted octanol–water partition coefficient (Wildman–Crippen LogP) is 4.92. The molecule has 0 aliphatic heterocycles. The third-order valence-electron chi connectivity index (χ3n) is 3.59. The molecule has 0 aliphatic carbocycles. The number of nitrogens with two attached hydrogens (primary N) is 1. The molecule has 24 heavy (non-hydrogen) atoms. The lowest BCUT2D eigenvalue weighted by Gasteiger charge is -2.07. The highest BCUT2D eigenvalue weighted by Crippen LogP contribution is 2.31. The Morgan fingerprint density at radius 1 is 1.25 bits per heavy atom. The lowest BCUT2D eigenvalue weighted by molar-refractivity contribution is 0.104. The number of carbonyl (C=O) groups is 1. The Morgan fingerprint density at radius 2 is 2.04 bits per heavy atom. The van der Waals surface area contributed by atoms with Gasteiger partial charge in [-0.2, -0.15) is 0 Å². The number of hydrogen-bond donors (Lipinski definition) is 2. The number of aromatic nitrogens is 1. The van der Waals surface area contributed by atoms with Gasteiger partial charge in [0.05, 0.1) is 0 Å². The van der Waals surface area contributed by atoms with Crippen LogP contribution in [0.2, 0.25) is 5.02 Å². The Hall–Kier alpha value is -2.37. The molecule has 0 aliphatic rings. The summed E-state index contributed by atoms with van der Waals surface area (Å²) in [5, 5.41) is 4.36. The Balaban J connectivity index is 1.89. The van der Waals surface area contributed by atoms with E-state index in [-0.39, 0.29) is 11.6 Å². The Bertz CT molecular complexity index is 891. The number of halogens is 1. The minimum Gasteiger partial charge on any atom is -0.382 e. The molecule has 2 aromatic carbocycles. The molecule has 1 heterocycles. The van der Waals surface area contributed by atoms with E-state index in [1.54, 1.807) is 24.3 Å². The molecular formula is C18H16ClN3OS. The van der Waals surface area contributed by atoms with Crippen molar-refractivity contribution in [2.75, 3.05) is 11.1 Å². The van der Waals surface area contributed by atoms with Crippen LogP contribution in [0.3, 0.4) is 0 Å². The number of nitrogen functional groups attached to an aromatic ring is 1. The van der Waals surface area contributed by atoms with E-state index in [4.69, 9.17) is 17.3 Å². The summed E-state index contributed by atoms with van der Waals surface area (Å²) in [6.45, 7) is 2.09. The average molecular weight is 358 g/mol. The van der Waals surface area contributed by atoms with E-state index in [2.05, 4.69) is 23.3 Å². The largest absolute Gasteiger partial charge is 0.382 e. The second-order valence-corrected chi connectivity index (χ2v) is 6.64. The molecule has 0 amide bonds. The molecule has 0 radical (unpaired) electrons. The number of aryl methyl sites for hydroxylation is 1. The molecule has 3 rings (SSSR count). The van der Waals surface area contributed by atoms with E-state index in [1.807, 2.05) is 18.2 Å². The summed E-state index contributed by atoms with van der Waals surface area (Å²) in [7, 11) is 0. The van der Waals surface area contributed by atoms with Crippen LogP contribution >= 0.6 is 22.9 Å². The summed E-state index contributed by atoms with van der Waals surface area (Å²) in [4.78, 5) is 17.3. The van der Waals surface area contributed by atoms with E-state index in [0.29, 0.717) is 20.6 Å². The molecule has 0 spiro atoms. The summed E-state index contributed by atoms with van der Waals surface area (Å²) in [6, 6.07) is 14.8. The Morgan fingerprint density at radius 3 is 2.79 bits per heavy atom. The lowest BCUT2D eigenvalue weighted by Crippen LogP contribution is -2.02. The standard InChI is InChI=1S/C18H16ClN3OS/c1-2-11-6-3-4-9-14(11)21-18-22-17(20)16(24-18)15(23)12-7-5-8-13(19)10-12/h3-10H,2,20H2,1H3,(H,21,22). The van der Waals surface area contributed by atoms with Crippen LogP contribution in [-0.2, 0) is 6.42 Å². The van der Waals surface area contributed by atoms with Gasteiger partial charge in [-0.25, -0.2) is 4.98 Å². The number of nitrogens with zero attached hydrogens (tertiary/aromatic N) is 1. The van der Waals surface area contributed by atoms with Crippen molar-refractivity contribution in [3.8, 4) is 0 Å². The van der Waals surface area contributed by atoms with Gasteiger partial charge in [0.25, 0.3) is 0 Å². The zero-order chi connectivity index (χ0) is 17.1. The molecule has 0 fully saturated rings. The van der Waals surface area contributed by atoms with Crippen molar-refractivity contribution in [1.82, 2.24) is 4.98 Å². The van der Waals surface area contributed by atoms with Gasteiger partial charge in [-0.3, -0.25) is 4.79 Å². The molecular weight excluding hydrogens is 342 g/mol. The monoisotopic (exact) mass is 357 g/mol.